The summed E-state index contributed by atoms with van der Waals surface area (Å²) < 4.78 is 0. The zero-order chi connectivity index (χ0) is 15.1. The van der Waals surface area contributed by atoms with Gasteiger partial charge in [0.2, 0.25) is 0 Å². The number of carbonyl (C=O) groups excluding carboxylic acids is 1. The van der Waals surface area contributed by atoms with Crippen molar-refractivity contribution in [2.45, 2.75) is 25.8 Å². The number of anilines is 1. The number of rotatable bonds is 6. The number of aryl methyl sites for hydroxylation is 1. The molecule has 0 spiro atoms. The zero-order valence-electron chi connectivity index (χ0n) is 10.9. The van der Waals surface area contributed by atoms with Crippen molar-refractivity contribution in [1.82, 2.24) is 5.32 Å². The summed E-state index contributed by atoms with van der Waals surface area (Å²) in [4.78, 5) is 32.9. The number of benzene rings is 1. The number of aliphatic carboxylic acids is 2. The van der Waals surface area contributed by atoms with E-state index in [0.717, 1.165) is 5.56 Å². The number of carbonyl (C=O) groups is 3. The van der Waals surface area contributed by atoms with Crippen molar-refractivity contribution in [2.24, 2.45) is 0 Å². The molecule has 20 heavy (non-hydrogen) atoms. The molecule has 0 aliphatic rings. The van der Waals surface area contributed by atoms with E-state index in [4.69, 9.17) is 10.2 Å². The maximum Gasteiger partial charge on any atom is 0.326 e. The number of carboxylic acid groups (broad SMARTS) is 2. The first-order valence-corrected chi connectivity index (χ1v) is 5.97. The van der Waals surface area contributed by atoms with E-state index in [-0.39, 0.29) is 12.8 Å². The van der Waals surface area contributed by atoms with Crippen LogP contribution in [0, 0.1) is 6.92 Å². The SMILES string of the molecule is Cc1ccc(NC(=O)N[C@@H](CCC(=O)O)C(=O)O)cc1. The second-order valence-electron chi connectivity index (χ2n) is 4.29. The topological polar surface area (TPSA) is 116 Å². The van der Waals surface area contributed by atoms with E-state index in [1.54, 1.807) is 24.3 Å². The smallest absolute Gasteiger partial charge is 0.326 e. The van der Waals surface area contributed by atoms with E-state index < -0.39 is 24.0 Å². The van der Waals surface area contributed by atoms with E-state index in [9.17, 15) is 14.4 Å². The van der Waals surface area contributed by atoms with E-state index >= 15 is 0 Å². The second-order valence-corrected chi connectivity index (χ2v) is 4.29. The van der Waals surface area contributed by atoms with Gasteiger partial charge in [-0.3, -0.25) is 4.79 Å². The van der Waals surface area contributed by atoms with Crippen LogP contribution in [-0.4, -0.2) is 34.2 Å². The minimum absolute atomic E-state index is 0.175. The summed E-state index contributed by atoms with van der Waals surface area (Å²) in [7, 11) is 0. The van der Waals surface area contributed by atoms with Crippen molar-refractivity contribution in [1.29, 1.82) is 0 Å². The minimum Gasteiger partial charge on any atom is -0.481 e. The molecule has 0 bridgehead atoms. The Morgan fingerprint density at radius 3 is 2.25 bits per heavy atom. The summed E-state index contributed by atoms with van der Waals surface area (Å²) in [5.41, 5.74) is 1.55. The van der Waals surface area contributed by atoms with Crippen molar-refractivity contribution >= 4 is 23.7 Å². The van der Waals surface area contributed by atoms with Crippen molar-refractivity contribution in [2.75, 3.05) is 5.32 Å². The number of hydrogen-bond donors (Lipinski definition) is 4. The lowest BCUT2D eigenvalue weighted by molar-refractivity contribution is -0.140. The predicted molar refractivity (Wildman–Crippen MR) is 71.6 cm³/mol. The molecule has 0 aromatic heterocycles. The Labute approximate surface area is 115 Å². The molecule has 4 N–H and O–H groups in total. The van der Waals surface area contributed by atoms with Crippen LogP contribution in [0.4, 0.5) is 10.5 Å². The van der Waals surface area contributed by atoms with Gasteiger partial charge in [-0.25, -0.2) is 9.59 Å². The highest BCUT2D eigenvalue weighted by molar-refractivity contribution is 5.92. The van der Waals surface area contributed by atoms with Crippen molar-refractivity contribution in [3.05, 3.63) is 29.8 Å². The first-order chi connectivity index (χ1) is 9.38. The van der Waals surface area contributed by atoms with Crippen LogP contribution in [0.3, 0.4) is 0 Å². The molecule has 1 rings (SSSR count). The van der Waals surface area contributed by atoms with Crippen LogP contribution in [-0.2, 0) is 9.59 Å². The molecule has 0 heterocycles. The molecule has 7 nitrogen and oxygen atoms in total. The first kappa shape index (κ1) is 15.5. The third kappa shape index (κ3) is 5.38. The fourth-order valence-corrected chi connectivity index (χ4v) is 1.49. The van der Waals surface area contributed by atoms with Gasteiger partial charge >= 0.3 is 18.0 Å². The maximum atomic E-state index is 11.6. The van der Waals surface area contributed by atoms with Crippen LogP contribution in [0.1, 0.15) is 18.4 Å². The van der Waals surface area contributed by atoms with Gasteiger partial charge in [-0.15, -0.1) is 0 Å². The molecule has 108 valence electrons. The summed E-state index contributed by atoms with van der Waals surface area (Å²) in [5.74, 6) is -2.39. The van der Waals surface area contributed by atoms with E-state index in [2.05, 4.69) is 10.6 Å². The van der Waals surface area contributed by atoms with Gasteiger partial charge in [0.1, 0.15) is 6.04 Å². The van der Waals surface area contributed by atoms with Gasteiger partial charge in [0, 0.05) is 12.1 Å². The highest BCUT2D eigenvalue weighted by atomic mass is 16.4. The van der Waals surface area contributed by atoms with E-state index in [0.29, 0.717) is 5.69 Å². The molecule has 7 heteroatoms. The fraction of sp³-hybridized carbons (Fsp3) is 0.308. The summed E-state index contributed by atoms with van der Waals surface area (Å²) in [6, 6.07) is 5.04. The van der Waals surface area contributed by atoms with Gasteiger partial charge < -0.3 is 20.8 Å². The molecule has 1 atom stereocenters. The number of urea groups is 1. The highest BCUT2D eigenvalue weighted by Crippen LogP contribution is 2.08. The number of nitrogens with one attached hydrogen (secondary N) is 2. The quantitative estimate of drug-likeness (QED) is 0.629. The molecular weight excluding hydrogens is 264 g/mol. The largest absolute Gasteiger partial charge is 0.481 e. The number of hydrogen-bond acceptors (Lipinski definition) is 3. The van der Waals surface area contributed by atoms with Crippen LogP contribution in [0.25, 0.3) is 0 Å². The average Bonchev–Trinajstić information content (AvgIpc) is 2.36. The standard InChI is InChI=1S/C13H16N2O5/c1-8-2-4-9(5-3-8)14-13(20)15-10(12(18)19)6-7-11(16)17/h2-5,10H,6-7H2,1H3,(H,16,17)(H,18,19)(H2,14,15,20)/t10-/m0/s1. The van der Waals surface area contributed by atoms with E-state index in [1.807, 2.05) is 6.92 Å². The second kappa shape index (κ2) is 7.13. The Hall–Kier alpha value is -2.57. The number of amides is 2. The Balaban J connectivity index is 2.55. The number of carboxylic acids is 2. The van der Waals surface area contributed by atoms with Crippen LogP contribution < -0.4 is 10.6 Å². The first-order valence-electron chi connectivity index (χ1n) is 5.97. The van der Waals surface area contributed by atoms with Gasteiger partial charge in [0.05, 0.1) is 0 Å². The summed E-state index contributed by atoms with van der Waals surface area (Å²) in [5, 5.41) is 22.1. The molecular formula is C13H16N2O5. The van der Waals surface area contributed by atoms with Crippen LogP contribution in [0.15, 0.2) is 24.3 Å². The monoisotopic (exact) mass is 280 g/mol. The molecule has 0 saturated heterocycles. The third-order valence-electron chi connectivity index (χ3n) is 2.56. The molecule has 1 aromatic carbocycles. The lowest BCUT2D eigenvalue weighted by Gasteiger charge is -2.14. The Morgan fingerprint density at radius 1 is 1.15 bits per heavy atom. The van der Waals surface area contributed by atoms with Crippen LogP contribution >= 0.6 is 0 Å². The molecule has 0 radical (unpaired) electrons. The molecule has 0 aliphatic carbocycles. The molecule has 0 fully saturated rings. The van der Waals surface area contributed by atoms with E-state index in [1.165, 1.54) is 0 Å². The summed E-state index contributed by atoms with van der Waals surface area (Å²) >= 11 is 0. The van der Waals surface area contributed by atoms with Gasteiger partial charge in [-0.1, -0.05) is 17.7 Å². The summed E-state index contributed by atoms with van der Waals surface area (Å²) in [6.07, 6.45) is -0.506. The van der Waals surface area contributed by atoms with Gasteiger partial charge in [0.15, 0.2) is 0 Å². The zero-order valence-corrected chi connectivity index (χ0v) is 10.9. The lowest BCUT2D eigenvalue weighted by Crippen LogP contribution is -2.43. The maximum absolute atomic E-state index is 11.6. The van der Waals surface area contributed by atoms with Gasteiger partial charge in [-0.05, 0) is 25.5 Å². The lowest BCUT2D eigenvalue weighted by atomic mass is 10.1. The fourth-order valence-electron chi connectivity index (χ4n) is 1.49. The van der Waals surface area contributed by atoms with Crippen molar-refractivity contribution in [3.63, 3.8) is 0 Å². The molecule has 2 amide bonds. The molecule has 0 aliphatic heterocycles. The van der Waals surface area contributed by atoms with Crippen molar-refractivity contribution in [3.8, 4) is 0 Å². The highest BCUT2D eigenvalue weighted by Gasteiger charge is 2.20. The van der Waals surface area contributed by atoms with Gasteiger partial charge in [0.25, 0.3) is 0 Å². The molecule has 0 unspecified atom stereocenters. The van der Waals surface area contributed by atoms with Crippen molar-refractivity contribution < 1.29 is 24.6 Å². The Kier molecular flexibility index (Phi) is 5.52. The van der Waals surface area contributed by atoms with Gasteiger partial charge in [-0.2, -0.15) is 0 Å². The predicted octanol–water partition coefficient (Wildman–Crippen LogP) is 1.43. The van der Waals surface area contributed by atoms with Crippen LogP contribution in [0.5, 0.6) is 0 Å². The summed E-state index contributed by atoms with van der Waals surface area (Å²) in [6.45, 7) is 1.90. The Bertz CT molecular complexity index is 498. The molecule has 1 aromatic rings. The van der Waals surface area contributed by atoms with Crippen LogP contribution in [0.2, 0.25) is 0 Å². The normalized spacial score (nSPS) is 11.4. The minimum atomic E-state index is -1.27. The third-order valence-corrected chi connectivity index (χ3v) is 2.56. The molecule has 0 saturated carbocycles. The Morgan fingerprint density at radius 2 is 1.75 bits per heavy atom. The average molecular weight is 280 g/mol.